The highest BCUT2D eigenvalue weighted by Gasteiger charge is 2.36. The lowest BCUT2D eigenvalue weighted by atomic mass is 9.84. The summed E-state index contributed by atoms with van der Waals surface area (Å²) in [6.45, 7) is -0.0630. The number of aliphatic hydroxyl groups excluding tert-OH is 1. The Morgan fingerprint density at radius 2 is 2.00 bits per heavy atom. The molecule has 1 aliphatic heterocycles. The monoisotopic (exact) mass is 422 g/mol. The van der Waals surface area contributed by atoms with E-state index < -0.39 is 12.0 Å². The predicted molar refractivity (Wildman–Crippen MR) is 108 cm³/mol. The van der Waals surface area contributed by atoms with Gasteiger partial charge in [0.2, 0.25) is 11.8 Å². The summed E-state index contributed by atoms with van der Waals surface area (Å²) < 4.78 is 5.58. The van der Waals surface area contributed by atoms with Crippen LogP contribution in [0.3, 0.4) is 0 Å². The van der Waals surface area contributed by atoms with Gasteiger partial charge in [0.1, 0.15) is 12.4 Å². The summed E-state index contributed by atoms with van der Waals surface area (Å²) >= 11 is 12.1. The molecule has 1 saturated heterocycles. The molecule has 1 fully saturated rings. The van der Waals surface area contributed by atoms with Crippen molar-refractivity contribution in [3.63, 3.8) is 0 Å². The van der Waals surface area contributed by atoms with Crippen LogP contribution in [0.2, 0.25) is 10.0 Å². The van der Waals surface area contributed by atoms with Crippen LogP contribution in [0.4, 0.5) is 5.69 Å². The molecular formula is C20H20Cl2N2O4. The maximum absolute atomic E-state index is 13.0. The van der Waals surface area contributed by atoms with Crippen LogP contribution in [0.1, 0.15) is 24.4 Å². The third-order valence-electron chi connectivity index (χ3n) is 4.49. The Kier molecular flexibility index (Phi) is 6.78. The fraction of sp³-hybridized carbons (Fsp3) is 0.300. The molecule has 0 saturated carbocycles. The van der Waals surface area contributed by atoms with E-state index in [0.717, 1.165) is 0 Å². The fourth-order valence-electron chi connectivity index (χ4n) is 3.23. The van der Waals surface area contributed by atoms with Crippen molar-refractivity contribution in [1.29, 1.82) is 0 Å². The molecule has 1 heterocycles. The molecule has 8 heteroatoms. The number of carbonyl (C=O) groups excluding carboxylic acids is 2. The van der Waals surface area contributed by atoms with E-state index in [1.807, 2.05) is 0 Å². The minimum Gasteiger partial charge on any atom is -0.491 e. The Morgan fingerprint density at radius 3 is 2.75 bits per heavy atom. The molecule has 6 nitrogen and oxygen atoms in total. The van der Waals surface area contributed by atoms with Crippen LogP contribution < -0.4 is 15.4 Å². The Hall–Kier alpha value is -2.28. The number of rotatable bonds is 6. The number of carbonyl (C=O) groups is 2. The molecule has 0 aliphatic carbocycles. The summed E-state index contributed by atoms with van der Waals surface area (Å²) in [5.41, 5.74) is 1.18. The smallest absolute Gasteiger partial charge is 0.229 e. The van der Waals surface area contributed by atoms with Gasteiger partial charge >= 0.3 is 0 Å². The average molecular weight is 423 g/mol. The van der Waals surface area contributed by atoms with E-state index in [1.165, 1.54) is 0 Å². The van der Waals surface area contributed by atoms with Gasteiger partial charge in [0.05, 0.1) is 18.6 Å². The van der Waals surface area contributed by atoms with E-state index in [-0.39, 0.29) is 31.4 Å². The van der Waals surface area contributed by atoms with Crippen molar-refractivity contribution in [2.45, 2.75) is 18.9 Å². The van der Waals surface area contributed by atoms with Crippen LogP contribution in [0.15, 0.2) is 42.5 Å². The number of aliphatic hydroxyl groups is 1. The second kappa shape index (κ2) is 9.28. The van der Waals surface area contributed by atoms with Gasteiger partial charge in [0.25, 0.3) is 0 Å². The van der Waals surface area contributed by atoms with Gasteiger partial charge in [-0.1, -0.05) is 29.3 Å². The van der Waals surface area contributed by atoms with Crippen molar-refractivity contribution in [3.8, 4) is 5.75 Å². The van der Waals surface area contributed by atoms with Gasteiger partial charge in [0.15, 0.2) is 0 Å². The number of ether oxygens (including phenoxy) is 1. The van der Waals surface area contributed by atoms with E-state index in [9.17, 15) is 9.59 Å². The molecule has 148 valence electrons. The predicted octanol–water partition coefficient (Wildman–Crippen LogP) is 3.57. The number of halogens is 2. The third-order valence-corrected chi connectivity index (χ3v) is 4.96. The van der Waals surface area contributed by atoms with E-state index in [0.29, 0.717) is 33.5 Å². The van der Waals surface area contributed by atoms with Crippen LogP contribution in [-0.4, -0.2) is 30.1 Å². The molecule has 1 aliphatic rings. The average Bonchev–Trinajstić information content (AvgIpc) is 2.67. The number of nitrogens with one attached hydrogen (secondary N) is 2. The van der Waals surface area contributed by atoms with E-state index in [4.69, 9.17) is 33.0 Å². The fourth-order valence-corrected chi connectivity index (χ4v) is 3.60. The molecule has 0 bridgehead atoms. The number of benzene rings is 2. The number of piperidine rings is 1. The highest BCUT2D eigenvalue weighted by atomic mass is 35.5. The molecule has 3 N–H and O–H groups in total. The van der Waals surface area contributed by atoms with Crippen molar-refractivity contribution < 1.29 is 19.4 Å². The van der Waals surface area contributed by atoms with Crippen LogP contribution in [0, 0.1) is 5.92 Å². The zero-order valence-electron chi connectivity index (χ0n) is 15.0. The van der Waals surface area contributed by atoms with Crippen LogP contribution in [0.25, 0.3) is 0 Å². The van der Waals surface area contributed by atoms with Gasteiger partial charge in [-0.05, 0) is 42.8 Å². The topological polar surface area (TPSA) is 87.7 Å². The van der Waals surface area contributed by atoms with Gasteiger partial charge in [-0.25, -0.2) is 0 Å². The number of amides is 2. The third kappa shape index (κ3) is 4.95. The Morgan fingerprint density at radius 1 is 1.21 bits per heavy atom. The molecule has 3 rings (SSSR count). The van der Waals surface area contributed by atoms with Crippen LogP contribution in [0.5, 0.6) is 5.75 Å². The highest BCUT2D eigenvalue weighted by Crippen LogP contribution is 2.37. The van der Waals surface area contributed by atoms with Crippen LogP contribution in [-0.2, 0) is 9.59 Å². The zero-order valence-corrected chi connectivity index (χ0v) is 16.5. The SMILES string of the molecule is O=C1CCC(C(=O)Nc2cccc(Cl)c2)[C@@H](c2cc(Cl)ccc2OCCO)N1. The van der Waals surface area contributed by atoms with Crippen molar-refractivity contribution in [1.82, 2.24) is 5.32 Å². The first-order valence-electron chi connectivity index (χ1n) is 8.87. The summed E-state index contributed by atoms with van der Waals surface area (Å²) in [7, 11) is 0. The van der Waals surface area contributed by atoms with Crippen molar-refractivity contribution >= 4 is 40.7 Å². The van der Waals surface area contributed by atoms with Crippen molar-refractivity contribution in [2.24, 2.45) is 5.92 Å². The van der Waals surface area contributed by atoms with Crippen molar-refractivity contribution in [3.05, 3.63) is 58.1 Å². The molecule has 0 aromatic heterocycles. The molecule has 1 unspecified atom stereocenters. The zero-order chi connectivity index (χ0) is 20.1. The minimum absolute atomic E-state index is 0.0919. The summed E-state index contributed by atoms with van der Waals surface area (Å²) in [4.78, 5) is 25.0. The summed E-state index contributed by atoms with van der Waals surface area (Å²) in [5, 5.41) is 15.8. The molecule has 2 aromatic carbocycles. The molecule has 0 spiro atoms. The lowest BCUT2D eigenvalue weighted by Crippen LogP contribution is -2.43. The molecule has 2 aromatic rings. The number of hydrogen-bond acceptors (Lipinski definition) is 4. The number of anilines is 1. The molecule has 2 atom stereocenters. The maximum atomic E-state index is 13.0. The largest absolute Gasteiger partial charge is 0.491 e. The Bertz CT molecular complexity index is 875. The van der Waals surface area contributed by atoms with Gasteiger partial charge in [-0.3, -0.25) is 9.59 Å². The summed E-state index contributed by atoms with van der Waals surface area (Å²) in [6.07, 6.45) is 0.631. The Labute approximate surface area is 172 Å². The normalized spacial score (nSPS) is 19.0. The van der Waals surface area contributed by atoms with E-state index >= 15 is 0 Å². The standard InChI is InChI=1S/C20H20Cl2N2O4/c21-12-2-1-3-14(10-12)23-20(27)15-5-7-18(26)24-19(15)16-11-13(22)4-6-17(16)28-9-8-25/h1-4,6,10-11,15,19,25H,5,7-9H2,(H,23,27)(H,24,26)/t15?,19-/m0/s1. The van der Waals surface area contributed by atoms with E-state index in [2.05, 4.69) is 10.6 Å². The summed E-state index contributed by atoms with van der Waals surface area (Å²) in [6, 6.07) is 11.3. The molecule has 0 radical (unpaired) electrons. The van der Waals surface area contributed by atoms with Gasteiger partial charge in [-0.2, -0.15) is 0 Å². The minimum atomic E-state index is -0.604. The van der Waals surface area contributed by atoms with Gasteiger partial charge < -0.3 is 20.5 Å². The second-order valence-corrected chi connectivity index (χ2v) is 7.32. The van der Waals surface area contributed by atoms with Gasteiger partial charge in [0, 0.05) is 27.7 Å². The highest BCUT2D eigenvalue weighted by molar-refractivity contribution is 6.31. The Balaban J connectivity index is 1.89. The molecule has 28 heavy (non-hydrogen) atoms. The molecular weight excluding hydrogens is 403 g/mol. The first-order valence-corrected chi connectivity index (χ1v) is 9.62. The quantitative estimate of drug-likeness (QED) is 0.663. The first kappa shape index (κ1) is 20.5. The lowest BCUT2D eigenvalue weighted by Gasteiger charge is -2.32. The lowest BCUT2D eigenvalue weighted by molar-refractivity contribution is -0.128. The molecule has 2 amide bonds. The van der Waals surface area contributed by atoms with E-state index in [1.54, 1.807) is 42.5 Å². The van der Waals surface area contributed by atoms with Crippen molar-refractivity contribution in [2.75, 3.05) is 18.5 Å². The first-order chi connectivity index (χ1) is 13.5. The summed E-state index contributed by atoms with van der Waals surface area (Å²) in [5.74, 6) is -0.442. The number of hydrogen-bond donors (Lipinski definition) is 3. The van der Waals surface area contributed by atoms with Gasteiger partial charge in [-0.15, -0.1) is 0 Å². The maximum Gasteiger partial charge on any atom is 0.229 e. The second-order valence-electron chi connectivity index (χ2n) is 6.44. The van der Waals surface area contributed by atoms with Crippen LogP contribution >= 0.6 is 23.2 Å².